The number of hydrogen-bond donors (Lipinski definition) is 10. The lowest BCUT2D eigenvalue weighted by Gasteiger charge is -2.39. The van der Waals surface area contributed by atoms with Crippen LogP contribution >= 0.6 is 11.6 Å². The van der Waals surface area contributed by atoms with E-state index in [1.54, 1.807) is 76.5 Å². The molecule has 1 saturated carbocycles. The van der Waals surface area contributed by atoms with E-state index < -0.39 is 95.4 Å². The Morgan fingerprint density at radius 1 is 0.669 bits per heavy atom. The van der Waals surface area contributed by atoms with E-state index in [0.717, 1.165) is 10.6 Å². The number of para-hydroxylation sites is 1. The van der Waals surface area contributed by atoms with Crippen LogP contribution in [0.3, 0.4) is 0 Å². The number of urea groups is 1. The predicted molar refractivity (Wildman–Crippen MR) is 449 cm³/mol. The Morgan fingerprint density at radius 2 is 1.29 bits per heavy atom. The molecule has 0 radical (unpaired) electrons. The van der Waals surface area contributed by atoms with E-state index in [4.69, 9.17) is 22.1 Å². The monoisotopic (exact) mass is 1660 g/mol. The van der Waals surface area contributed by atoms with Crippen LogP contribution in [0.25, 0.3) is 0 Å². The van der Waals surface area contributed by atoms with E-state index in [-0.39, 0.29) is 123 Å². The smallest absolute Gasteiger partial charge is 0.410 e. The number of primary amides is 1. The van der Waals surface area contributed by atoms with E-state index in [9.17, 15) is 62.3 Å². The van der Waals surface area contributed by atoms with Crippen molar-refractivity contribution < 1.29 is 67.1 Å². The van der Waals surface area contributed by atoms with Crippen LogP contribution in [0, 0.1) is 11.8 Å². The summed E-state index contributed by atoms with van der Waals surface area (Å²) in [4.78, 5) is 190. The van der Waals surface area contributed by atoms with E-state index >= 15 is 0 Å². The molecular weight excluding hydrogens is 1570 g/mol. The largest absolute Gasteiger partial charge is 0.445 e. The molecule has 1 aliphatic carbocycles. The van der Waals surface area contributed by atoms with Crippen molar-refractivity contribution in [1.29, 1.82) is 0 Å². The molecule has 1 aromatic heterocycles. The molecule has 31 nitrogen and oxygen atoms in total. The SMILES string of the molecule is CC(NC(=O)CCN1C(=O)CCC1=O)C(=O)N[C@@H](C)C(=O)NC(CC(=O)NC(c1ccccc1)(c1ccccc1)c1ccccc1)C(=O)Nc1ccc(COC(=O)N(CCC#Cc2ccc3c(c2)CN(C2CCC(=O)NC2=O)C3=O)C2CCC(NC(=O)N3CCN(c4ccc(Nc5ncc(Cl)c(Nc6ccccc6C(N)=O)n5)cc4)CC3)CC2)cc1. The van der Waals surface area contributed by atoms with Gasteiger partial charge in [0.15, 0.2) is 5.82 Å². The highest BCUT2D eigenvalue weighted by molar-refractivity contribution is 6.33. The van der Waals surface area contributed by atoms with E-state index in [1.165, 1.54) is 24.9 Å². The third-order valence-corrected chi connectivity index (χ3v) is 22.2. The predicted octanol–water partition coefficient (Wildman–Crippen LogP) is 8.17. The number of fused-ring (bicyclic) bond motifs is 1. The number of carbonyl (C=O) groups is 13. The number of piperidine rings is 1. The van der Waals surface area contributed by atoms with Crippen LogP contribution in [0.15, 0.2) is 188 Å². The fourth-order valence-corrected chi connectivity index (χ4v) is 15.6. The molecule has 8 aromatic rings. The van der Waals surface area contributed by atoms with Crippen molar-refractivity contribution >= 4 is 123 Å². The minimum Gasteiger partial charge on any atom is -0.445 e. The zero-order valence-electron chi connectivity index (χ0n) is 66.6. The molecule has 3 saturated heterocycles. The molecule has 5 aliphatic rings. The summed E-state index contributed by atoms with van der Waals surface area (Å²) in [5, 5.41) is 25.9. The molecule has 32 heteroatoms. The number of carbonyl (C=O) groups excluding carboxylic acids is 13. The number of ether oxygens (including phenoxy) is 1. The van der Waals surface area contributed by atoms with Gasteiger partial charge in [0.25, 0.3) is 11.8 Å². The Bertz CT molecular complexity index is 5180. The number of rotatable bonds is 29. The fourth-order valence-electron chi connectivity index (χ4n) is 15.5. The standard InChI is InChI=1S/C89H92ClN17O14/c1-55(93-75(109)43-45-106-77(111)41-42-78(106)112)81(114)94-56(2)82(115)99-72(51-76(110)102-89(60-17-6-3-7-18-60,61-19-8-4-9-20-61)62-21-10-5-11-22-62)83(116)95-63-28-25-58(26-29-63)54-121-88(120)105(44-15-14-16-57-27-38-68-59(50-57)53-107(85(68)118)73-39-40-74(108)100-84(73)117)67-36-32-65(33-37-67)97-87(119)104-48-46-103(47-49-104)66-34-30-64(31-35-66)96-86-92-52-70(90)80(101-86)98-71-24-13-12-23-69(71)79(91)113/h3-13,17-31,34-35,38,50,52,55-56,65,67,72-73H,15,32-33,36-37,39-49,51,53-54H2,1-2H3,(H2,91,113)(H,93,109)(H,94,114)(H,95,116)(H,97,119)(H,99,115)(H,102,110)(H,100,108,117)(H2,92,96,98,101)/t55?,56-,65?,67?,72?,73?/m0/s1. The minimum absolute atomic E-state index is 0.0535. The van der Waals surface area contributed by atoms with Crippen LogP contribution in [0.4, 0.5) is 44.1 Å². The number of nitrogens with one attached hydrogen (secondary N) is 9. The molecule has 4 aliphatic heterocycles. The molecule has 0 spiro atoms. The second-order valence-electron chi connectivity index (χ2n) is 30.2. The average molecular weight is 1660 g/mol. The number of benzene rings is 7. The van der Waals surface area contributed by atoms with Gasteiger partial charge in [-0.15, -0.1) is 0 Å². The highest BCUT2D eigenvalue weighted by atomic mass is 35.5. The Morgan fingerprint density at radius 3 is 1.93 bits per heavy atom. The number of imide groups is 2. The Balaban J connectivity index is 0.649. The molecule has 11 N–H and O–H groups in total. The Hall–Kier alpha value is -14.0. The lowest BCUT2D eigenvalue weighted by molar-refractivity contribution is -0.140. The number of anilines is 6. The Labute approximate surface area is 703 Å². The first-order valence-corrected chi connectivity index (χ1v) is 40.5. The van der Waals surface area contributed by atoms with Crippen LogP contribution in [0.5, 0.6) is 0 Å². The molecule has 4 atom stereocenters. The normalized spacial score (nSPS) is 17.1. The number of amides is 14. The van der Waals surface area contributed by atoms with Gasteiger partial charge in [0.2, 0.25) is 59.1 Å². The van der Waals surface area contributed by atoms with Crippen molar-refractivity contribution in [3.63, 3.8) is 0 Å². The zero-order chi connectivity index (χ0) is 85.3. The first-order chi connectivity index (χ1) is 58.4. The van der Waals surface area contributed by atoms with Gasteiger partial charge in [-0.1, -0.05) is 139 Å². The van der Waals surface area contributed by atoms with E-state index in [0.29, 0.717) is 102 Å². The third kappa shape index (κ3) is 21.1. The van der Waals surface area contributed by atoms with Gasteiger partial charge < -0.3 is 72.6 Å². The lowest BCUT2D eigenvalue weighted by atomic mass is 9.77. The summed E-state index contributed by atoms with van der Waals surface area (Å²) in [6.45, 7) is 4.82. The number of nitrogens with two attached hydrogens (primary N) is 1. The summed E-state index contributed by atoms with van der Waals surface area (Å²) >= 11 is 6.43. The molecule has 3 unspecified atom stereocenters. The molecule has 0 bridgehead atoms. The molecule has 4 fully saturated rings. The van der Waals surface area contributed by atoms with Crippen LogP contribution in [0.1, 0.15) is 139 Å². The van der Waals surface area contributed by atoms with Crippen molar-refractivity contribution in [2.45, 2.75) is 139 Å². The Kier molecular flexibility index (Phi) is 27.4. The second-order valence-corrected chi connectivity index (χ2v) is 30.6. The highest BCUT2D eigenvalue weighted by Crippen LogP contribution is 2.38. The van der Waals surface area contributed by atoms with Crippen molar-refractivity contribution in [1.82, 2.24) is 61.5 Å². The minimum atomic E-state index is -1.58. The fraction of sp³-hybridized carbons (Fsp3) is 0.315. The van der Waals surface area contributed by atoms with Gasteiger partial charge in [-0.05, 0) is 140 Å². The van der Waals surface area contributed by atoms with Crippen LogP contribution in [-0.4, -0.2) is 182 Å². The lowest BCUT2D eigenvalue weighted by Crippen LogP contribution is -2.56. The first-order valence-electron chi connectivity index (χ1n) is 40.1. The third-order valence-electron chi connectivity index (χ3n) is 22.0. The summed E-state index contributed by atoms with van der Waals surface area (Å²) in [6, 6.07) is 48.4. The van der Waals surface area contributed by atoms with Gasteiger partial charge in [0, 0.05) is 118 Å². The van der Waals surface area contributed by atoms with Crippen molar-refractivity contribution in [2.24, 2.45) is 5.73 Å². The topological polar surface area (TPSA) is 407 Å². The number of aromatic nitrogens is 2. The van der Waals surface area contributed by atoms with Crippen molar-refractivity contribution in [2.75, 3.05) is 60.1 Å². The maximum atomic E-state index is 14.9. The number of hydrogen-bond acceptors (Lipinski definition) is 19. The van der Waals surface area contributed by atoms with Crippen molar-refractivity contribution in [3.05, 3.63) is 238 Å². The quantitative estimate of drug-likeness (QED) is 0.0120. The van der Waals surface area contributed by atoms with Crippen LogP contribution in [0.2, 0.25) is 5.02 Å². The molecular formula is C89H92ClN17O14. The van der Waals surface area contributed by atoms with Gasteiger partial charge >= 0.3 is 12.1 Å². The van der Waals surface area contributed by atoms with E-state index in [1.807, 2.05) is 115 Å². The number of halogens is 1. The van der Waals surface area contributed by atoms with Gasteiger partial charge in [0.1, 0.15) is 41.3 Å². The number of nitrogens with zero attached hydrogens (tertiary/aromatic N) is 7. The average Bonchev–Trinajstić information content (AvgIpc) is 1.76. The van der Waals surface area contributed by atoms with Gasteiger partial charge in [-0.25, -0.2) is 14.6 Å². The second kappa shape index (κ2) is 39.0. The van der Waals surface area contributed by atoms with Crippen LogP contribution in [-0.2, 0) is 66.6 Å². The molecule has 14 amide bonds. The van der Waals surface area contributed by atoms with Crippen molar-refractivity contribution in [3.8, 4) is 11.8 Å². The summed E-state index contributed by atoms with van der Waals surface area (Å²) in [5.41, 5.74) is 11.2. The molecule has 7 aromatic carbocycles. The number of piperazine rings is 1. The van der Waals surface area contributed by atoms with E-state index in [2.05, 4.69) is 74.6 Å². The first kappa shape index (κ1) is 84.9. The molecule has 13 rings (SSSR count). The maximum absolute atomic E-state index is 14.9. The molecule has 121 heavy (non-hydrogen) atoms. The highest BCUT2D eigenvalue weighted by Gasteiger charge is 2.42. The number of likely N-dealkylation sites (tertiary alicyclic amines) is 1. The molecule has 624 valence electrons. The van der Waals surface area contributed by atoms with Crippen LogP contribution < -0.4 is 58.5 Å². The molecule has 5 heterocycles. The summed E-state index contributed by atoms with van der Waals surface area (Å²) in [5.74, 6) is 0.616. The van der Waals surface area contributed by atoms with Gasteiger partial charge in [0.05, 0.1) is 23.9 Å². The maximum Gasteiger partial charge on any atom is 0.410 e. The van der Waals surface area contributed by atoms with Gasteiger partial charge in [-0.3, -0.25) is 63.0 Å². The zero-order valence-corrected chi connectivity index (χ0v) is 67.4. The summed E-state index contributed by atoms with van der Waals surface area (Å²) < 4.78 is 6.06. The summed E-state index contributed by atoms with van der Waals surface area (Å²) in [7, 11) is 0. The van der Waals surface area contributed by atoms with Gasteiger partial charge in [-0.2, -0.15) is 4.98 Å². The summed E-state index contributed by atoms with van der Waals surface area (Å²) in [6.07, 6.45) is 2.80.